The molecule has 3 heterocycles. The van der Waals surface area contributed by atoms with Crippen molar-refractivity contribution in [1.29, 1.82) is 0 Å². The maximum Gasteiger partial charge on any atom is 0.291 e. The molecule has 23 heavy (non-hydrogen) atoms. The van der Waals surface area contributed by atoms with Crippen LogP contribution in [0.3, 0.4) is 0 Å². The largest absolute Gasteiger partial charge is 0.346 e. The molecule has 7 nitrogen and oxygen atoms in total. The van der Waals surface area contributed by atoms with E-state index in [2.05, 4.69) is 25.3 Å². The molecule has 2 fully saturated rings. The van der Waals surface area contributed by atoms with Crippen LogP contribution in [0.5, 0.6) is 0 Å². The highest BCUT2D eigenvalue weighted by Gasteiger charge is 2.32. The molecule has 2 aromatic heterocycles. The number of carbonyl (C=O) groups is 1. The topological polar surface area (TPSA) is 75.4 Å². The number of nitrogens with zero attached hydrogens (tertiary/aromatic N) is 5. The standard InChI is InChI=1S/C16H22N6O/c1-10-9-11(2)22-16(17-10)19-14(20-22)15(23)18-12-5-7-21(8-6-12)13-3-4-13/h9,12-13H,3-8H2,1-2H3,(H,18,23). The summed E-state index contributed by atoms with van der Waals surface area (Å²) in [4.78, 5) is 23.6. The molecule has 1 aliphatic carbocycles. The van der Waals surface area contributed by atoms with Crippen molar-refractivity contribution in [1.82, 2.24) is 29.8 Å². The van der Waals surface area contributed by atoms with Crippen LogP contribution in [0.25, 0.3) is 5.78 Å². The molecule has 0 spiro atoms. The van der Waals surface area contributed by atoms with E-state index in [1.807, 2.05) is 19.9 Å². The first-order valence-corrected chi connectivity index (χ1v) is 8.36. The second kappa shape index (κ2) is 5.56. The fraction of sp³-hybridized carbons (Fsp3) is 0.625. The Morgan fingerprint density at radius 3 is 2.61 bits per heavy atom. The zero-order valence-electron chi connectivity index (χ0n) is 13.6. The van der Waals surface area contributed by atoms with Crippen molar-refractivity contribution in [2.75, 3.05) is 13.1 Å². The molecule has 0 radical (unpaired) electrons. The van der Waals surface area contributed by atoms with E-state index in [-0.39, 0.29) is 17.8 Å². The third kappa shape index (κ3) is 2.93. The highest BCUT2D eigenvalue weighted by molar-refractivity contribution is 5.91. The van der Waals surface area contributed by atoms with E-state index in [9.17, 15) is 4.79 Å². The van der Waals surface area contributed by atoms with Crippen LogP contribution in [0.2, 0.25) is 0 Å². The average Bonchev–Trinajstić information content (AvgIpc) is 3.27. The summed E-state index contributed by atoms with van der Waals surface area (Å²) in [6.45, 7) is 6.00. The van der Waals surface area contributed by atoms with Gasteiger partial charge >= 0.3 is 0 Å². The summed E-state index contributed by atoms with van der Waals surface area (Å²) in [6.07, 6.45) is 4.69. The van der Waals surface area contributed by atoms with Crippen LogP contribution in [-0.2, 0) is 0 Å². The number of carbonyl (C=O) groups excluding carboxylic acids is 1. The molecule has 0 bridgehead atoms. The average molecular weight is 314 g/mol. The summed E-state index contributed by atoms with van der Waals surface area (Å²) in [7, 11) is 0. The fourth-order valence-electron chi connectivity index (χ4n) is 3.36. The Kier molecular flexibility index (Phi) is 3.52. The van der Waals surface area contributed by atoms with Crippen molar-refractivity contribution in [3.63, 3.8) is 0 Å². The lowest BCUT2D eigenvalue weighted by Gasteiger charge is -2.32. The van der Waals surface area contributed by atoms with Crippen LogP contribution in [-0.4, -0.2) is 55.6 Å². The monoisotopic (exact) mass is 314 g/mol. The van der Waals surface area contributed by atoms with Crippen molar-refractivity contribution in [2.24, 2.45) is 0 Å². The van der Waals surface area contributed by atoms with Gasteiger partial charge in [-0.1, -0.05) is 0 Å². The summed E-state index contributed by atoms with van der Waals surface area (Å²) >= 11 is 0. The summed E-state index contributed by atoms with van der Waals surface area (Å²) in [6, 6.07) is 2.96. The second-order valence-corrected chi connectivity index (χ2v) is 6.70. The van der Waals surface area contributed by atoms with Gasteiger partial charge in [-0.3, -0.25) is 4.79 Å². The molecule has 122 valence electrons. The van der Waals surface area contributed by atoms with Crippen LogP contribution >= 0.6 is 0 Å². The van der Waals surface area contributed by atoms with E-state index in [0.717, 1.165) is 43.4 Å². The maximum atomic E-state index is 12.4. The van der Waals surface area contributed by atoms with Gasteiger partial charge in [0.25, 0.3) is 11.7 Å². The lowest BCUT2D eigenvalue weighted by molar-refractivity contribution is 0.0899. The van der Waals surface area contributed by atoms with E-state index in [0.29, 0.717) is 5.78 Å². The van der Waals surface area contributed by atoms with Crippen LogP contribution in [0.15, 0.2) is 6.07 Å². The minimum Gasteiger partial charge on any atom is -0.346 e. The van der Waals surface area contributed by atoms with Gasteiger partial charge in [-0.25, -0.2) is 9.50 Å². The van der Waals surface area contributed by atoms with Crippen LogP contribution in [0.4, 0.5) is 0 Å². The van der Waals surface area contributed by atoms with E-state index in [1.54, 1.807) is 4.52 Å². The summed E-state index contributed by atoms with van der Waals surface area (Å²) in [5.74, 6) is 0.490. The Labute approximate surface area is 135 Å². The van der Waals surface area contributed by atoms with Crippen molar-refractivity contribution >= 4 is 11.7 Å². The number of piperidine rings is 1. The molecule has 1 aliphatic heterocycles. The first kappa shape index (κ1) is 14.6. The number of nitrogens with one attached hydrogen (secondary N) is 1. The van der Waals surface area contributed by atoms with Gasteiger partial charge in [-0.05, 0) is 45.6 Å². The van der Waals surface area contributed by atoms with Crippen LogP contribution in [0.1, 0.15) is 47.7 Å². The molecule has 7 heteroatoms. The fourth-order valence-corrected chi connectivity index (χ4v) is 3.36. The van der Waals surface area contributed by atoms with Gasteiger partial charge in [0.1, 0.15) is 0 Å². The number of hydrogen-bond donors (Lipinski definition) is 1. The normalized spacial score (nSPS) is 20.1. The van der Waals surface area contributed by atoms with Gasteiger partial charge in [0.2, 0.25) is 5.82 Å². The van der Waals surface area contributed by atoms with Crippen molar-refractivity contribution in [3.05, 3.63) is 23.3 Å². The number of aromatic nitrogens is 4. The molecule has 1 saturated heterocycles. The van der Waals surface area contributed by atoms with E-state index in [1.165, 1.54) is 12.8 Å². The molecule has 4 rings (SSSR count). The minimum absolute atomic E-state index is 0.197. The molecule has 0 atom stereocenters. The smallest absolute Gasteiger partial charge is 0.291 e. The summed E-state index contributed by atoms with van der Waals surface area (Å²) in [5.41, 5.74) is 1.80. The molecule has 0 aromatic carbocycles. The number of likely N-dealkylation sites (tertiary alicyclic amines) is 1. The zero-order chi connectivity index (χ0) is 16.0. The Bertz CT molecular complexity index is 742. The number of hydrogen-bond acceptors (Lipinski definition) is 5. The highest BCUT2D eigenvalue weighted by atomic mass is 16.2. The minimum atomic E-state index is -0.197. The number of fused-ring (bicyclic) bond motifs is 1. The van der Waals surface area contributed by atoms with E-state index < -0.39 is 0 Å². The molecule has 0 unspecified atom stereocenters. The molecule has 1 N–H and O–H groups in total. The predicted octanol–water partition coefficient (Wildman–Crippen LogP) is 1.10. The molecule has 2 aliphatic rings. The maximum absolute atomic E-state index is 12.4. The highest BCUT2D eigenvalue weighted by Crippen LogP contribution is 2.29. The Balaban J connectivity index is 1.43. The third-order valence-electron chi connectivity index (χ3n) is 4.75. The summed E-state index contributed by atoms with van der Waals surface area (Å²) < 4.78 is 1.62. The molecule has 1 amide bonds. The molecule has 2 aromatic rings. The van der Waals surface area contributed by atoms with E-state index in [4.69, 9.17) is 0 Å². The first-order chi connectivity index (χ1) is 11.1. The van der Waals surface area contributed by atoms with Gasteiger partial charge in [-0.2, -0.15) is 4.98 Å². The zero-order valence-corrected chi connectivity index (χ0v) is 13.6. The summed E-state index contributed by atoms with van der Waals surface area (Å²) in [5, 5.41) is 7.37. The van der Waals surface area contributed by atoms with Crippen LogP contribution < -0.4 is 5.32 Å². The lowest BCUT2D eigenvalue weighted by Crippen LogP contribution is -2.45. The predicted molar refractivity (Wildman–Crippen MR) is 85.3 cm³/mol. The lowest BCUT2D eigenvalue weighted by atomic mass is 10.0. The molecular formula is C16H22N6O. The van der Waals surface area contributed by atoms with Crippen molar-refractivity contribution in [3.8, 4) is 0 Å². The first-order valence-electron chi connectivity index (χ1n) is 8.36. The van der Waals surface area contributed by atoms with E-state index >= 15 is 0 Å². The molecule has 1 saturated carbocycles. The van der Waals surface area contributed by atoms with Gasteiger partial charge < -0.3 is 10.2 Å². The van der Waals surface area contributed by atoms with Gasteiger partial charge in [0.15, 0.2) is 0 Å². The number of aryl methyl sites for hydroxylation is 2. The van der Waals surface area contributed by atoms with Crippen molar-refractivity contribution < 1.29 is 4.79 Å². The Morgan fingerprint density at radius 2 is 1.91 bits per heavy atom. The van der Waals surface area contributed by atoms with Crippen LogP contribution in [0, 0.1) is 13.8 Å². The Morgan fingerprint density at radius 1 is 1.17 bits per heavy atom. The van der Waals surface area contributed by atoms with Gasteiger partial charge in [0, 0.05) is 36.6 Å². The van der Waals surface area contributed by atoms with Gasteiger partial charge in [-0.15, -0.1) is 5.10 Å². The number of amides is 1. The third-order valence-corrected chi connectivity index (χ3v) is 4.75. The number of rotatable bonds is 3. The van der Waals surface area contributed by atoms with Crippen molar-refractivity contribution in [2.45, 2.75) is 51.6 Å². The Hall–Kier alpha value is -2.02. The van der Waals surface area contributed by atoms with Gasteiger partial charge in [0.05, 0.1) is 0 Å². The quantitative estimate of drug-likeness (QED) is 0.918. The second-order valence-electron chi connectivity index (χ2n) is 6.70. The SMILES string of the molecule is Cc1cc(C)n2nc(C(=O)NC3CCN(C4CC4)CC3)nc2n1. The molecular weight excluding hydrogens is 292 g/mol.